The maximum Gasteiger partial charge on any atom is 0.254 e. The molecule has 2 heterocycles. The van der Waals surface area contributed by atoms with Crippen LogP contribution in [0.25, 0.3) is 5.69 Å². The van der Waals surface area contributed by atoms with Gasteiger partial charge in [0.2, 0.25) is 6.79 Å². The Labute approximate surface area is 156 Å². The highest BCUT2D eigenvalue weighted by molar-refractivity contribution is 5.93. The van der Waals surface area contributed by atoms with Crippen LogP contribution in [0.15, 0.2) is 54.9 Å². The number of benzene rings is 2. The molecule has 27 heavy (non-hydrogen) atoms. The summed E-state index contributed by atoms with van der Waals surface area (Å²) in [6, 6.07) is 13.3. The number of hydrogen-bond acceptors (Lipinski definition) is 5. The molecule has 4 rings (SSSR count). The van der Waals surface area contributed by atoms with Crippen molar-refractivity contribution in [2.24, 2.45) is 0 Å². The number of fused-ring (bicyclic) bond motifs is 1. The molecule has 0 spiro atoms. The molecule has 1 amide bonds. The second-order valence-corrected chi connectivity index (χ2v) is 6.04. The minimum absolute atomic E-state index is 0.170. The van der Waals surface area contributed by atoms with Gasteiger partial charge in [-0.2, -0.15) is 5.10 Å². The summed E-state index contributed by atoms with van der Waals surface area (Å²) in [5.74, 6) is 2.02. The molecular weight excluding hydrogens is 346 g/mol. The molecule has 138 valence electrons. The first kappa shape index (κ1) is 17.0. The fourth-order valence-corrected chi connectivity index (χ4v) is 2.91. The van der Waals surface area contributed by atoms with Gasteiger partial charge in [0.15, 0.2) is 11.5 Å². The summed E-state index contributed by atoms with van der Waals surface area (Å²) in [5.41, 5.74) is 2.34. The summed E-state index contributed by atoms with van der Waals surface area (Å²) in [5, 5.41) is 7.18. The molecule has 0 radical (unpaired) electrons. The van der Waals surface area contributed by atoms with E-state index < -0.39 is 0 Å². The summed E-state index contributed by atoms with van der Waals surface area (Å²) in [6.45, 7) is 0.768. The number of methoxy groups -OCH3 is 1. The van der Waals surface area contributed by atoms with E-state index in [9.17, 15) is 4.79 Å². The molecule has 7 nitrogen and oxygen atoms in total. The Kier molecular flexibility index (Phi) is 4.65. The Balaban J connectivity index is 1.37. The van der Waals surface area contributed by atoms with Gasteiger partial charge in [-0.25, -0.2) is 4.68 Å². The molecule has 0 saturated heterocycles. The minimum atomic E-state index is -0.170. The smallest absolute Gasteiger partial charge is 0.254 e. The average Bonchev–Trinajstić information content (AvgIpc) is 3.37. The number of para-hydroxylation sites is 2. The number of carbonyl (C=O) groups excluding carboxylic acids is 1. The van der Waals surface area contributed by atoms with Crippen molar-refractivity contribution in [3.63, 3.8) is 0 Å². The molecule has 7 heteroatoms. The highest BCUT2D eigenvalue weighted by Gasteiger charge is 2.14. The molecule has 0 fully saturated rings. The van der Waals surface area contributed by atoms with Crippen molar-refractivity contribution >= 4 is 5.91 Å². The van der Waals surface area contributed by atoms with Gasteiger partial charge in [0, 0.05) is 12.7 Å². The summed E-state index contributed by atoms with van der Waals surface area (Å²) in [7, 11) is 1.60. The van der Waals surface area contributed by atoms with Crippen molar-refractivity contribution in [3.05, 3.63) is 66.0 Å². The molecule has 0 atom stereocenters. The number of nitrogens with zero attached hydrogens (tertiary/aromatic N) is 2. The van der Waals surface area contributed by atoms with Gasteiger partial charge in [0.1, 0.15) is 11.4 Å². The van der Waals surface area contributed by atoms with Crippen LogP contribution in [-0.4, -0.2) is 36.1 Å². The number of rotatable bonds is 6. The van der Waals surface area contributed by atoms with E-state index in [0.29, 0.717) is 24.3 Å². The molecule has 1 aliphatic heterocycles. The lowest BCUT2D eigenvalue weighted by atomic mass is 10.1. The van der Waals surface area contributed by atoms with Gasteiger partial charge in [-0.1, -0.05) is 18.2 Å². The first-order chi connectivity index (χ1) is 13.2. The van der Waals surface area contributed by atoms with E-state index in [-0.39, 0.29) is 12.7 Å². The van der Waals surface area contributed by atoms with Crippen LogP contribution in [0.4, 0.5) is 0 Å². The van der Waals surface area contributed by atoms with Crippen LogP contribution in [0.5, 0.6) is 17.2 Å². The Hall–Kier alpha value is -3.48. The van der Waals surface area contributed by atoms with E-state index in [2.05, 4.69) is 10.4 Å². The van der Waals surface area contributed by atoms with Gasteiger partial charge in [-0.05, 0) is 36.2 Å². The van der Waals surface area contributed by atoms with Crippen molar-refractivity contribution in [2.75, 3.05) is 20.4 Å². The second kappa shape index (κ2) is 7.41. The number of hydrogen-bond donors (Lipinski definition) is 1. The predicted octanol–water partition coefficient (Wildman–Crippen LogP) is 2.58. The number of amides is 1. The number of aromatic nitrogens is 2. The van der Waals surface area contributed by atoms with Crippen LogP contribution >= 0.6 is 0 Å². The van der Waals surface area contributed by atoms with E-state index >= 15 is 0 Å². The standard InChI is InChI=1S/C20H19N3O4/c1-25-17-5-3-2-4-16(17)23-12-15(11-22-23)20(24)21-9-8-14-6-7-18-19(10-14)27-13-26-18/h2-7,10-12H,8-9,13H2,1H3,(H,21,24). The Morgan fingerprint density at radius 1 is 1.22 bits per heavy atom. The molecule has 1 N–H and O–H groups in total. The zero-order chi connectivity index (χ0) is 18.6. The lowest BCUT2D eigenvalue weighted by Gasteiger charge is -2.07. The maximum atomic E-state index is 12.4. The Morgan fingerprint density at radius 3 is 2.96 bits per heavy atom. The van der Waals surface area contributed by atoms with Crippen LogP contribution in [0.2, 0.25) is 0 Å². The molecule has 1 aliphatic rings. The first-order valence-corrected chi connectivity index (χ1v) is 8.59. The average molecular weight is 365 g/mol. The molecule has 2 aromatic carbocycles. The second-order valence-electron chi connectivity index (χ2n) is 6.04. The topological polar surface area (TPSA) is 74.6 Å². The van der Waals surface area contributed by atoms with Gasteiger partial charge in [0.25, 0.3) is 5.91 Å². The van der Waals surface area contributed by atoms with Gasteiger partial charge < -0.3 is 19.5 Å². The zero-order valence-corrected chi connectivity index (χ0v) is 14.8. The van der Waals surface area contributed by atoms with Gasteiger partial charge >= 0.3 is 0 Å². The summed E-state index contributed by atoms with van der Waals surface area (Å²) >= 11 is 0. The SMILES string of the molecule is COc1ccccc1-n1cc(C(=O)NCCc2ccc3c(c2)OCO3)cn1. The predicted molar refractivity (Wildman–Crippen MR) is 98.7 cm³/mol. The largest absolute Gasteiger partial charge is 0.494 e. The quantitative estimate of drug-likeness (QED) is 0.727. The number of carbonyl (C=O) groups is 1. The number of ether oxygens (including phenoxy) is 3. The Bertz CT molecular complexity index is 967. The van der Waals surface area contributed by atoms with E-state index in [0.717, 1.165) is 22.7 Å². The van der Waals surface area contributed by atoms with Crippen LogP contribution < -0.4 is 19.5 Å². The van der Waals surface area contributed by atoms with Crippen molar-refractivity contribution in [3.8, 4) is 22.9 Å². The fourth-order valence-electron chi connectivity index (χ4n) is 2.91. The lowest BCUT2D eigenvalue weighted by Crippen LogP contribution is -2.25. The van der Waals surface area contributed by atoms with Gasteiger partial charge in [-0.3, -0.25) is 4.79 Å². The number of nitrogens with one attached hydrogen (secondary N) is 1. The monoisotopic (exact) mass is 365 g/mol. The lowest BCUT2D eigenvalue weighted by molar-refractivity contribution is 0.0954. The van der Waals surface area contributed by atoms with E-state index in [1.807, 2.05) is 42.5 Å². The third-order valence-corrected chi connectivity index (χ3v) is 4.31. The Morgan fingerprint density at radius 2 is 2.07 bits per heavy atom. The first-order valence-electron chi connectivity index (χ1n) is 8.59. The van der Waals surface area contributed by atoms with Crippen LogP contribution in [0, 0.1) is 0 Å². The molecule has 0 unspecified atom stereocenters. The third-order valence-electron chi connectivity index (χ3n) is 4.31. The molecule has 3 aromatic rings. The van der Waals surface area contributed by atoms with Crippen molar-refractivity contribution in [1.29, 1.82) is 0 Å². The molecule has 0 saturated carbocycles. The molecule has 1 aromatic heterocycles. The van der Waals surface area contributed by atoms with Crippen molar-refractivity contribution in [1.82, 2.24) is 15.1 Å². The third kappa shape index (κ3) is 3.57. The minimum Gasteiger partial charge on any atom is -0.494 e. The van der Waals surface area contributed by atoms with Crippen LogP contribution in [0.1, 0.15) is 15.9 Å². The van der Waals surface area contributed by atoms with Crippen LogP contribution in [-0.2, 0) is 6.42 Å². The van der Waals surface area contributed by atoms with Gasteiger partial charge in [-0.15, -0.1) is 0 Å². The van der Waals surface area contributed by atoms with Crippen molar-refractivity contribution in [2.45, 2.75) is 6.42 Å². The summed E-state index contributed by atoms with van der Waals surface area (Å²) in [6.07, 6.45) is 3.93. The van der Waals surface area contributed by atoms with E-state index in [1.54, 1.807) is 24.2 Å². The highest BCUT2D eigenvalue weighted by Crippen LogP contribution is 2.32. The van der Waals surface area contributed by atoms with Gasteiger partial charge in [0.05, 0.1) is 18.9 Å². The van der Waals surface area contributed by atoms with E-state index in [4.69, 9.17) is 14.2 Å². The zero-order valence-electron chi connectivity index (χ0n) is 14.8. The van der Waals surface area contributed by atoms with E-state index in [1.165, 1.54) is 0 Å². The molecule has 0 bridgehead atoms. The van der Waals surface area contributed by atoms with Crippen molar-refractivity contribution < 1.29 is 19.0 Å². The summed E-state index contributed by atoms with van der Waals surface area (Å²) < 4.78 is 17.6. The molecular formula is C20H19N3O4. The normalized spacial score (nSPS) is 12.0. The fraction of sp³-hybridized carbons (Fsp3) is 0.200. The summed E-state index contributed by atoms with van der Waals surface area (Å²) in [4.78, 5) is 12.4. The molecule has 0 aliphatic carbocycles. The highest BCUT2D eigenvalue weighted by atomic mass is 16.7. The maximum absolute atomic E-state index is 12.4. The van der Waals surface area contributed by atoms with Crippen LogP contribution in [0.3, 0.4) is 0 Å².